The molecular weight excluding hydrogens is 272 g/mol. The number of hydrogen-bond donors (Lipinski definition) is 0. The van der Waals surface area contributed by atoms with Crippen LogP contribution in [0.25, 0.3) is 23.0 Å². The second-order valence-electron chi connectivity index (χ2n) is 3.24. The van der Waals surface area contributed by atoms with Crippen molar-refractivity contribution in [3.8, 4) is 23.0 Å². The molecule has 0 saturated carbocycles. The van der Waals surface area contributed by atoms with Crippen LogP contribution in [-0.2, 0) is 0 Å². The first-order valence-electron chi connectivity index (χ1n) is 4.72. The summed E-state index contributed by atoms with van der Waals surface area (Å²) in [7, 11) is 0. The van der Waals surface area contributed by atoms with E-state index in [2.05, 4.69) is 15.9 Å². The highest BCUT2D eigenvalue weighted by molar-refractivity contribution is 9.10. The van der Waals surface area contributed by atoms with E-state index in [0.29, 0.717) is 27.7 Å². The van der Waals surface area contributed by atoms with Crippen molar-refractivity contribution in [1.82, 2.24) is 0 Å². The first-order valence-corrected chi connectivity index (χ1v) is 5.52. The maximum atomic E-state index is 5.62. The second kappa shape index (κ2) is 3.72. The molecule has 0 aliphatic heterocycles. The van der Waals surface area contributed by atoms with Gasteiger partial charge in [0, 0.05) is 0 Å². The third-order valence-electron chi connectivity index (χ3n) is 2.19. The van der Waals surface area contributed by atoms with Crippen molar-refractivity contribution in [2.45, 2.75) is 0 Å². The Balaban J connectivity index is 2.00. The molecule has 0 saturated heterocycles. The van der Waals surface area contributed by atoms with Gasteiger partial charge in [-0.15, -0.1) is 0 Å². The van der Waals surface area contributed by atoms with Crippen LogP contribution in [0.1, 0.15) is 0 Å². The van der Waals surface area contributed by atoms with E-state index in [9.17, 15) is 0 Å². The van der Waals surface area contributed by atoms with Crippen molar-refractivity contribution in [2.75, 3.05) is 0 Å². The lowest BCUT2D eigenvalue weighted by Crippen LogP contribution is -1.66. The summed E-state index contributed by atoms with van der Waals surface area (Å²) in [5.74, 6) is 2.76. The highest BCUT2D eigenvalue weighted by atomic mass is 79.9. The van der Waals surface area contributed by atoms with Gasteiger partial charge in [-0.3, -0.25) is 0 Å². The first-order chi connectivity index (χ1) is 7.83. The zero-order valence-electron chi connectivity index (χ0n) is 8.14. The van der Waals surface area contributed by atoms with Crippen molar-refractivity contribution < 1.29 is 13.3 Å². The lowest BCUT2D eigenvalue weighted by atomic mass is 10.3. The van der Waals surface area contributed by atoms with Crippen molar-refractivity contribution in [3.05, 3.63) is 47.3 Å². The number of furan rings is 3. The van der Waals surface area contributed by atoms with Gasteiger partial charge in [0.15, 0.2) is 27.7 Å². The second-order valence-corrected chi connectivity index (χ2v) is 4.03. The minimum absolute atomic E-state index is 0.678. The predicted molar refractivity (Wildman–Crippen MR) is 61.8 cm³/mol. The molecule has 0 spiro atoms. The molecule has 0 aromatic carbocycles. The molecule has 80 valence electrons. The van der Waals surface area contributed by atoms with Crippen LogP contribution in [-0.4, -0.2) is 0 Å². The van der Waals surface area contributed by atoms with Crippen LogP contribution in [0, 0.1) is 0 Å². The Bertz CT molecular complexity index is 589. The Morgan fingerprint density at radius 1 is 0.750 bits per heavy atom. The van der Waals surface area contributed by atoms with Crippen LogP contribution in [0.3, 0.4) is 0 Å². The van der Waals surface area contributed by atoms with Crippen LogP contribution in [0.5, 0.6) is 0 Å². The standard InChI is InChI=1S/C12H7BrO3/c13-12-6-5-11(16-12)10-4-3-9(15-10)8-2-1-7-14-8/h1-7H. The fraction of sp³-hybridized carbons (Fsp3) is 0. The molecule has 3 aromatic rings. The van der Waals surface area contributed by atoms with Gasteiger partial charge in [-0.25, -0.2) is 0 Å². The number of rotatable bonds is 2. The van der Waals surface area contributed by atoms with Crippen LogP contribution in [0.4, 0.5) is 0 Å². The Labute approximate surface area is 99.8 Å². The Morgan fingerprint density at radius 3 is 2.06 bits per heavy atom. The number of hydrogen-bond acceptors (Lipinski definition) is 3. The van der Waals surface area contributed by atoms with Crippen LogP contribution in [0.15, 0.2) is 60.6 Å². The summed E-state index contributed by atoms with van der Waals surface area (Å²) >= 11 is 3.25. The molecule has 0 radical (unpaired) electrons. The molecule has 3 nitrogen and oxygen atoms in total. The summed E-state index contributed by atoms with van der Waals surface area (Å²) < 4.78 is 16.9. The minimum atomic E-state index is 0.678. The topological polar surface area (TPSA) is 39.4 Å². The van der Waals surface area contributed by atoms with Crippen LogP contribution >= 0.6 is 15.9 Å². The van der Waals surface area contributed by atoms with E-state index in [0.717, 1.165) is 0 Å². The van der Waals surface area contributed by atoms with Crippen molar-refractivity contribution in [1.29, 1.82) is 0 Å². The quantitative estimate of drug-likeness (QED) is 0.690. The molecule has 0 unspecified atom stereocenters. The predicted octanol–water partition coefficient (Wildman–Crippen LogP) is 4.56. The molecule has 4 heteroatoms. The SMILES string of the molecule is Brc1ccc(-c2ccc(-c3ccco3)o2)o1. The zero-order chi connectivity index (χ0) is 11.0. The zero-order valence-corrected chi connectivity index (χ0v) is 9.73. The summed E-state index contributed by atoms with van der Waals surface area (Å²) in [6.45, 7) is 0. The third kappa shape index (κ3) is 1.61. The Hall–Kier alpha value is -1.68. The van der Waals surface area contributed by atoms with Crippen LogP contribution in [0.2, 0.25) is 0 Å². The molecule has 0 amide bonds. The normalized spacial score (nSPS) is 10.8. The van der Waals surface area contributed by atoms with Crippen molar-refractivity contribution in [2.24, 2.45) is 0 Å². The summed E-state index contributed by atoms with van der Waals surface area (Å²) in [5, 5.41) is 0. The van der Waals surface area contributed by atoms with E-state index < -0.39 is 0 Å². The molecule has 0 atom stereocenters. The lowest BCUT2D eigenvalue weighted by Gasteiger charge is -1.90. The van der Waals surface area contributed by atoms with E-state index in [-0.39, 0.29) is 0 Å². The van der Waals surface area contributed by atoms with E-state index in [1.165, 1.54) is 0 Å². The van der Waals surface area contributed by atoms with E-state index in [1.807, 2.05) is 36.4 Å². The Kier molecular flexibility index (Phi) is 2.22. The van der Waals surface area contributed by atoms with Gasteiger partial charge >= 0.3 is 0 Å². The first kappa shape index (κ1) is 9.54. The van der Waals surface area contributed by atoms with Gasteiger partial charge in [0.1, 0.15) is 0 Å². The molecule has 0 bridgehead atoms. The van der Waals surface area contributed by atoms with E-state index in [4.69, 9.17) is 13.3 Å². The average molecular weight is 279 g/mol. The van der Waals surface area contributed by atoms with Gasteiger partial charge < -0.3 is 13.3 Å². The molecule has 3 heterocycles. The highest BCUT2D eigenvalue weighted by Gasteiger charge is 2.11. The van der Waals surface area contributed by atoms with E-state index >= 15 is 0 Å². The smallest absolute Gasteiger partial charge is 0.170 e. The fourth-order valence-corrected chi connectivity index (χ4v) is 1.77. The highest BCUT2D eigenvalue weighted by Crippen LogP contribution is 2.30. The minimum Gasteiger partial charge on any atom is -0.461 e. The lowest BCUT2D eigenvalue weighted by molar-refractivity contribution is 0.501. The van der Waals surface area contributed by atoms with Gasteiger partial charge in [0.25, 0.3) is 0 Å². The Morgan fingerprint density at radius 2 is 1.44 bits per heavy atom. The van der Waals surface area contributed by atoms with Crippen LogP contribution < -0.4 is 0 Å². The molecule has 3 aromatic heterocycles. The fourth-order valence-electron chi connectivity index (χ4n) is 1.47. The molecule has 3 rings (SSSR count). The molecule has 0 fully saturated rings. The number of halogens is 1. The van der Waals surface area contributed by atoms with Gasteiger partial charge in [-0.05, 0) is 52.3 Å². The van der Waals surface area contributed by atoms with Gasteiger partial charge in [0.05, 0.1) is 6.26 Å². The van der Waals surface area contributed by atoms with Crippen molar-refractivity contribution in [3.63, 3.8) is 0 Å². The largest absolute Gasteiger partial charge is 0.461 e. The van der Waals surface area contributed by atoms with Crippen molar-refractivity contribution >= 4 is 15.9 Å². The molecule has 0 aliphatic carbocycles. The molecular formula is C12H7BrO3. The maximum absolute atomic E-state index is 5.62. The van der Waals surface area contributed by atoms with Gasteiger partial charge in [-0.2, -0.15) is 0 Å². The summed E-state index contributed by atoms with van der Waals surface area (Å²) in [6, 6.07) is 11.0. The molecule has 0 N–H and O–H groups in total. The van der Waals surface area contributed by atoms with Gasteiger partial charge in [0.2, 0.25) is 0 Å². The van der Waals surface area contributed by atoms with Gasteiger partial charge in [-0.1, -0.05) is 0 Å². The molecule has 0 aliphatic rings. The average Bonchev–Trinajstić information content (AvgIpc) is 2.97. The summed E-state index contributed by atoms with van der Waals surface area (Å²) in [6.07, 6.45) is 1.61. The summed E-state index contributed by atoms with van der Waals surface area (Å²) in [5.41, 5.74) is 0. The third-order valence-corrected chi connectivity index (χ3v) is 2.61. The maximum Gasteiger partial charge on any atom is 0.170 e. The summed E-state index contributed by atoms with van der Waals surface area (Å²) in [4.78, 5) is 0. The monoisotopic (exact) mass is 278 g/mol. The molecule has 16 heavy (non-hydrogen) atoms. The van der Waals surface area contributed by atoms with E-state index in [1.54, 1.807) is 6.26 Å².